The van der Waals surface area contributed by atoms with Crippen LogP contribution in [0.15, 0.2) is 35.1 Å². The van der Waals surface area contributed by atoms with E-state index in [-0.39, 0.29) is 30.7 Å². The van der Waals surface area contributed by atoms with Crippen LogP contribution in [0.3, 0.4) is 0 Å². The van der Waals surface area contributed by atoms with Gasteiger partial charge in [-0.1, -0.05) is 12.6 Å². The molecule has 1 atom stereocenters. The average Bonchev–Trinajstić information content (AvgIpc) is 3.34. The molecule has 1 saturated heterocycles. The summed E-state index contributed by atoms with van der Waals surface area (Å²) in [6, 6.07) is 9.64. The highest BCUT2D eigenvalue weighted by Crippen LogP contribution is 2.40. The zero-order valence-corrected chi connectivity index (χ0v) is 20.8. The van der Waals surface area contributed by atoms with Crippen molar-refractivity contribution >= 4 is 28.2 Å². The van der Waals surface area contributed by atoms with Crippen molar-refractivity contribution in [1.82, 2.24) is 14.5 Å². The molecule has 1 fully saturated rings. The van der Waals surface area contributed by atoms with Gasteiger partial charge in [-0.2, -0.15) is 0 Å². The number of hydrogen-bond donors (Lipinski definition) is 0. The molecule has 3 heterocycles. The Balaban J connectivity index is 1.51. The highest BCUT2D eigenvalue weighted by atomic mass is 16.6. The molecular formula is C26H28N6O5. The minimum atomic E-state index is -0.693. The van der Waals surface area contributed by atoms with Crippen LogP contribution in [0.2, 0.25) is 0 Å². The van der Waals surface area contributed by atoms with E-state index in [0.717, 1.165) is 18.6 Å². The molecule has 192 valence electrons. The van der Waals surface area contributed by atoms with Gasteiger partial charge in [-0.25, -0.2) is 0 Å². The first-order valence-corrected chi connectivity index (χ1v) is 12.2. The Labute approximate surface area is 213 Å². The van der Waals surface area contributed by atoms with Crippen molar-refractivity contribution in [2.24, 2.45) is 0 Å². The lowest BCUT2D eigenvalue weighted by molar-refractivity contribution is -0.385. The van der Waals surface area contributed by atoms with Crippen LogP contribution in [0.25, 0.3) is 15.9 Å². The monoisotopic (exact) mass is 504 g/mol. The molecule has 5 rings (SSSR count). The number of benzene rings is 1. The first kappa shape index (κ1) is 24.7. The van der Waals surface area contributed by atoms with Crippen LogP contribution < -0.4 is 15.2 Å². The summed E-state index contributed by atoms with van der Waals surface area (Å²) in [5, 5.41) is 12.2. The van der Waals surface area contributed by atoms with E-state index >= 15 is 0 Å². The summed E-state index contributed by atoms with van der Waals surface area (Å²) in [6.07, 6.45) is 2.01. The number of aromatic nitrogens is 2. The number of nitrogens with zero attached hydrogens (tertiary/aromatic N) is 6. The Morgan fingerprint density at radius 2 is 1.97 bits per heavy atom. The molecule has 2 aliphatic rings. The number of rotatable bonds is 7. The zero-order chi connectivity index (χ0) is 26.1. The van der Waals surface area contributed by atoms with Gasteiger partial charge in [-0.15, -0.1) is 4.98 Å². The summed E-state index contributed by atoms with van der Waals surface area (Å²) >= 11 is 0. The Bertz CT molecular complexity index is 1450. The smallest absolute Gasteiger partial charge is 0.361 e. The number of aryl methyl sites for hydroxylation is 1. The third-order valence-corrected chi connectivity index (χ3v) is 7.33. The lowest BCUT2D eigenvalue weighted by Gasteiger charge is -2.39. The fourth-order valence-corrected chi connectivity index (χ4v) is 5.54. The van der Waals surface area contributed by atoms with Crippen molar-refractivity contribution in [3.8, 4) is 5.75 Å². The molecule has 0 bridgehead atoms. The van der Waals surface area contributed by atoms with Gasteiger partial charge in [0.05, 0.1) is 30.7 Å². The zero-order valence-electron chi connectivity index (χ0n) is 20.8. The molecule has 11 heteroatoms. The summed E-state index contributed by atoms with van der Waals surface area (Å²) in [5.74, 6) is 0.956. The maximum Gasteiger partial charge on any atom is 0.361 e. The molecule has 1 aromatic carbocycles. The Morgan fingerprint density at radius 3 is 2.65 bits per heavy atom. The second kappa shape index (κ2) is 10.2. The highest BCUT2D eigenvalue weighted by Gasteiger charge is 2.36. The lowest BCUT2D eigenvalue weighted by Crippen LogP contribution is -2.48. The summed E-state index contributed by atoms with van der Waals surface area (Å²) in [6.45, 7) is 10.1. The first-order chi connectivity index (χ1) is 18.0. The molecule has 0 radical (unpaired) electrons. The molecule has 0 saturated carbocycles. The summed E-state index contributed by atoms with van der Waals surface area (Å²) in [7, 11) is 3.17. The summed E-state index contributed by atoms with van der Waals surface area (Å²) in [5.41, 5.74) is 2.33. The van der Waals surface area contributed by atoms with Crippen LogP contribution in [-0.2, 0) is 17.7 Å². The van der Waals surface area contributed by atoms with Crippen LogP contribution >= 0.6 is 0 Å². The average molecular weight is 505 g/mol. The van der Waals surface area contributed by atoms with Crippen LogP contribution in [0.5, 0.6) is 5.75 Å². The van der Waals surface area contributed by atoms with E-state index in [0.29, 0.717) is 37.2 Å². The summed E-state index contributed by atoms with van der Waals surface area (Å²) < 4.78 is 11.9. The maximum absolute atomic E-state index is 13.3. The van der Waals surface area contributed by atoms with E-state index in [1.54, 1.807) is 13.2 Å². The number of anilines is 1. The van der Waals surface area contributed by atoms with E-state index in [2.05, 4.69) is 26.9 Å². The third kappa shape index (κ3) is 4.39. The number of fused-ring (bicyclic) bond motifs is 2. The second-order valence-corrected chi connectivity index (χ2v) is 9.20. The number of methoxy groups -OCH3 is 2. The van der Waals surface area contributed by atoms with E-state index in [9.17, 15) is 14.9 Å². The first-order valence-electron chi connectivity index (χ1n) is 12.2. The standard InChI is InChI=1S/C26H28N6O5/c1-27-22-9-8-21-23(28-22)24(25(32(34)35)26(33)31(21)14-15-36-2)30-12-10-29(11-13-30)20-7-5-17-4-6-18(37-3)16-19(17)20/h4,6,8-9,16,20H,5,7,10-15H2,2-3H3. The van der Waals surface area contributed by atoms with Crippen LogP contribution in [-0.4, -0.2) is 66.4 Å². The van der Waals surface area contributed by atoms with Gasteiger partial charge in [0, 0.05) is 39.3 Å². The van der Waals surface area contributed by atoms with E-state index in [1.807, 2.05) is 11.0 Å². The Hall–Kier alpha value is -4.01. The fourth-order valence-electron chi connectivity index (χ4n) is 5.54. The Kier molecular flexibility index (Phi) is 6.78. The topological polar surface area (TPSA) is 107 Å². The fraction of sp³-hybridized carbons (Fsp3) is 0.423. The number of pyridine rings is 2. The quantitative estimate of drug-likeness (QED) is 0.274. The van der Waals surface area contributed by atoms with Crippen LogP contribution in [0.1, 0.15) is 23.6 Å². The van der Waals surface area contributed by atoms with Gasteiger partial charge in [0.2, 0.25) is 5.52 Å². The van der Waals surface area contributed by atoms with Crippen molar-refractivity contribution in [3.63, 3.8) is 0 Å². The van der Waals surface area contributed by atoms with E-state index in [4.69, 9.17) is 16.0 Å². The van der Waals surface area contributed by atoms with Crippen molar-refractivity contribution in [1.29, 1.82) is 0 Å². The molecule has 1 aliphatic carbocycles. The molecule has 3 aromatic rings. The number of hydrogen-bond acceptors (Lipinski definition) is 8. The Morgan fingerprint density at radius 1 is 1.19 bits per heavy atom. The van der Waals surface area contributed by atoms with Crippen molar-refractivity contribution in [2.75, 3.05) is 51.9 Å². The van der Waals surface area contributed by atoms with Gasteiger partial charge in [-0.3, -0.25) is 24.4 Å². The predicted molar refractivity (Wildman–Crippen MR) is 139 cm³/mol. The summed E-state index contributed by atoms with van der Waals surface area (Å²) in [4.78, 5) is 37.1. The molecule has 0 N–H and O–H groups in total. The predicted octanol–water partition coefficient (Wildman–Crippen LogP) is 3.32. The number of piperazine rings is 1. The van der Waals surface area contributed by atoms with E-state index < -0.39 is 16.2 Å². The lowest BCUT2D eigenvalue weighted by atomic mass is 10.1. The molecule has 2 aromatic heterocycles. The van der Waals surface area contributed by atoms with Gasteiger partial charge >= 0.3 is 11.2 Å². The molecule has 1 unspecified atom stereocenters. The van der Waals surface area contributed by atoms with Crippen LogP contribution in [0, 0.1) is 16.7 Å². The normalized spacial score (nSPS) is 17.5. The largest absolute Gasteiger partial charge is 0.497 e. The van der Waals surface area contributed by atoms with Gasteiger partial charge < -0.3 is 19.2 Å². The molecule has 37 heavy (non-hydrogen) atoms. The van der Waals surface area contributed by atoms with Gasteiger partial charge in [-0.05, 0) is 48.2 Å². The maximum atomic E-state index is 13.3. The SMILES string of the molecule is [C-]#[N+]c1ccc2c(n1)c(N1CCN(C3CCc4ccc(OC)cc43)CC1)c([N+](=O)[O-])c(=O)n2CCOC. The third-order valence-electron chi connectivity index (χ3n) is 7.33. The van der Waals surface area contributed by atoms with Crippen molar-refractivity contribution < 1.29 is 14.4 Å². The minimum Gasteiger partial charge on any atom is -0.497 e. The number of nitro groups is 1. The molecule has 0 spiro atoms. The molecular weight excluding hydrogens is 476 g/mol. The van der Waals surface area contributed by atoms with Gasteiger partial charge in [0.25, 0.3) is 5.82 Å². The second-order valence-electron chi connectivity index (χ2n) is 9.20. The van der Waals surface area contributed by atoms with E-state index in [1.165, 1.54) is 28.9 Å². The van der Waals surface area contributed by atoms with Crippen LogP contribution in [0.4, 0.5) is 17.2 Å². The molecule has 11 nitrogen and oxygen atoms in total. The van der Waals surface area contributed by atoms with Crippen molar-refractivity contribution in [3.05, 3.63) is 73.3 Å². The highest BCUT2D eigenvalue weighted by molar-refractivity contribution is 5.94. The van der Waals surface area contributed by atoms with Gasteiger partial charge in [0.1, 0.15) is 5.75 Å². The molecule has 1 aliphatic heterocycles. The minimum absolute atomic E-state index is 0.120. The molecule has 0 amide bonds. The van der Waals surface area contributed by atoms with Crippen molar-refractivity contribution in [2.45, 2.75) is 25.4 Å². The number of ether oxygens (including phenoxy) is 2. The van der Waals surface area contributed by atoms with Gasteiger partial charge in [0.15, 0.2) is 5.69 Å².